The molecule has 0 radical (unpaired) electrons. The number of fused-ring (bicyclic) bond motifs is 1. The van der Waals surface area contributed by atoms with Crippen LogP contribution in [0.5, 0.6) is 0 Å². The lowest BCUT2D eigenvalue weighted by atomic mass is 10.0. The minimum absolute atomic E-state index is 0.0723. The summed E-state index contributed by atoms with van der Waals surface area (Å²) < 4.78 is 2.05. The zero-order valence-electron chi connectivity index (χ0n) is 16.9. The Balaban J connectivity index is 1.55. The van der Waals surface area contributed by atoms with E-state index in [1.165, 1.54) is 15.3 Å². The number of rotatable bonds is 5. The Morgan fingerprint density at radius 1 is 1.31 bits per heavy atom. The number of nitrogens with one attached hydrogen (secondary N) is 1. The van der Waals surface area contributed by atoms with E-state index < -0.39 is 0 Å². The average molecular weight is 425 g/mol. The number of aromatic nitrogens is 1. The molecule has 5 nitrogen and oxygen atoms in total. The van der Waals surface area contributed by atoms with E-state index in [1.54, 1.807) is 22.7 Å². The molecule has 1 N–H and O–H groups in total. The third kappa shape index (κ3) is 3.76. The fourth-order valence-corrected chi connectivity index (χ4v) is 5.68. The third-order valence-corrected chi connectivity index (χ3v) is 7.70. The molecule has 0 saturated carbocycles. The summed E-state index contributed by atoms with van der Waals surface area (Å²) in [5.41, 5.74) is 3.83. The van der Waals surface area contributed by atoms with Crippen LogP contribution < -0.4 is 5.32 Å². The first kappa shape index (κ1) is 19.9. The molecule has 1 aliphatic heterocycles. The van der Waals surface area contributed by atoms with Crippen molar-refractivity contribution < 1.29 is 4.79 Å². The van der Waals surface area contributed by atoms with Gasteiger partial charge in [0.25, 0.3) is 0 Å². The first-order chi connectivity index (χ1) is 14.0. The number of nitriles is 1. The Bertz CT molecular complexity index is 1070. The monoisotopic (exact) mass is 424 g/mol. The molecule has 0 saturated heterocycles. The number of carbonyl (C=O) groups excluding carboxylic acids is 1. The number of carbonyl (C=O) groups is 1. The number of nitrogens with zero attached hydrogens (tertiary/aromatic N) is 3. The minimum atomic E-state index is -0.0723. The molecule has 1 unspecified atom stereocenters. The second-order valence-corrected chi connectivity index (χ2v) is 9.49. The summed E-state index contributed by atoms with van der Waals surface area (Å²) in [6.45, 7) is 7.96. The lowest BCUT2D eigenvalue weighted by Gasteiger charge is -2.33. The lowest BCUT2D eigenvalue weighted by Crippen LogP contribution is -2.39. The Morgan fingerprint density at radius 2 is 2.14 bits per heavy atom. The van der Waals surface area contributed by atoms with Crippen molar-refractivity contribution >= 4 is 34.4 Å². The fraction of sp³-hybridized carbons (Fsp3) is 0.364. The van der Waals surface area contributed by atoms with Gasteiger partial charge in [0.2, 0.25) is 5.91 Å². The molecule has 3 aromatic rings. The Hall–Kier alpha value is -2.40. The van der Waals surface area contributed by atoms with Crippen LogP contribution in [0.15, 0.2) is 29.0 Å². The van der Waals surface area contributed by atoms with Crippen molar-refractivity contribution in [2.75, 3.05) is 18.4 Å². The van der Waals surface area contributed by atoms with Gasteiger partial charge in [-0.15, -0.1) is 22.7 Å². The molecule has 0 fully saturated rings. The molecule has 4 rings (SSSR count). The molecule has 3 aromatic heterocycles. The fourth-order valence-electron chi connectivity index (χ4n) is 4.02. The second-order valence-electron chi connectivity index (χ2n) is 7.46. The molecular weight excluding hydrogens is 400 g/mol. The third-order valence-electron chi connectivity index (χ3n) is 5.84. The van der Waals surface area contributed by atoms with Crippen molar-refractivity contribution in [2.45, 2.75) is 39.8 Å². The predicted molar refractivity (Wildman–Crippen MR) is 119 cm³/mol. The van der Waals surface area contributed by atoms with E-state index in [-0.39, 0.29) is 11.9 Å². The highest BCUT2D eigenvalue weighted by molar-refractivity contribution is 7.10. The molecule has 1 atom stereocenters. The molecule has 0 spiro atoms. The van der Waals surface area contributed by atoms with Gasteiger partial charge >= 0.3 is 0 Å². The largest absolute Gasteiger partial charge is 0.325 e. The molecule has 4 heterocycles. The molecule has 0 aromatic carbocycles. The summed E-state index contributed by atoms with van der Waals surface area (Å²) in [6, 6.07) is 8.78. The van der Waals surface area contributed by atoms with E-state index in [1.807, 2.05) is 29.9 Å². The van der Waals surface area contributed by atoms with Gasteiger partial charge in [-0.3, -0.25) is 9.69 Å². The first-order valence-electron chi connectivity index (χ1n) is 9.72. The molecular formula is C22H24N4OS2. The SMILES string of the molecule is Cc1c(C#N)c(NC(=O)CN2CCc3sccc3C2C)n(Cc2cccs2)c1C. The maximum atomic E-state index is 12.9. The van der Waals surface area contributed by atoms with Crippen molar-refractivity contribution in [3.8, 4) is 6.07 Å². The predicted octanol–water partition coefficient (Wildman–Crippen LogP) is 4.71. The van der Waals surface area contributed by atoms with Gasteiger partial charge in [0.15, 0.2) is 0 Å². The normalized spacial score (nSPS) is 16.4. The number of thiophene rings is 2. The topological polar surface area (TPSA) is 61.1 Å². The smallest absolute Gasteiger partial charge is 0.239 e. The summed E-state index contributed by atoms with van der Waals surface area (Å²) in [5, 5.41) is 16.9. The summed E-state index contributed by atoms with van der Waals surface area (Å²) in [6.07, 6.45) is 0.987. The van der Waals surface area contributed by atoms with Crippen molar-refractivity contribution in [1.29, 1.82) is 5.26 Å². The van der Waals surface area contributed by atoms with Gasteiger partial charge in [0, 0.05) is 28.0 Å². The van der Waals surface area contributed by atoms with Crippen LogP contribution >= 0.6 is 22.7 Å². The number of amides is 1. The van der Waals surface area contributed by atoms with Gasteiger partial charge in [-0.25, -0.2) is 0 Å². The van der Waals surface area contributed by atoms with Gasteiger partial charge in [-0.1, -0.05) is 6.07 Å². The van der Waals surface area contributed by atoms with Crippen LogP contribution in [0.4, 0.5) is 5.82 Å². The zero-order chi connectivity index (χ0) is 20.5. The average Bonchev–Trinajstić information content (AvgIpc) is 3.42. The van der Waals surface area contributed by atoms with E-state index in [9.17, 15) is 10.1 Å². The van der Waals surface area contributed by atoms with Crippen LogP contribution in [0.3, 0.4) is 0 Å². The van der Waals surface area contributed by atoms with Crippen LogP contribution in [-0.4, -0.2) is 28.5 Å². The summed E-state index contributed by atoms with van der Waals surface area (Å²) in [4.78, 5) is 17.8. The Morgan fingerprint density at radius 3 is 2.86 bits per heavy atom. The zero-order valence-corrected chi connectivity index (χ0v) is 18.5. The minimum Gasteiger partial charge on any atom is -0.325 e. The van der Waals surface area contributed by atoms with E-state index >= 15 is 0 Å². The lowest BCUT2D eigenvalue weighted by molar-refractivity contribution is -0.118. The number of hydrogen-bond donors (Lipinski definition) is 1. The standard InChI is InChI=1S/C22H24N4OS2/c1-14-15(2)26(12-17-5-4-9-28-17)22(19(14)11-23)24-21(27)13-25-8-6-20-18(16(25)3)7-10-29-20/h4-5,7,9-10,16H,6,8,12-13H2,1-3H3,(H,24,27). The quantitative estimate of drug-likeness (QED) is 0.645. The molecule has 7 heteroatoms. The highest BCUT2D eigenvalue weighted by atomic mass is 32.1. The summed E-state index contributed by atoms with van der Waals surface area (Å²) in [7, 11) is 0. The number of anilines is 1. The number of hydrogen-bond acceptors (Lipinski definition) is 5. The van der Waals surface area contributed by atoms with Crippen LogP contribution in [0.1, 0.15) is 45.1 Å². The maximum absolute atomic E-state index is 12.9. The molecule has 1 amide bonds. The van der Waals surface area contributed by atoms with Crippen molar-refractivity contribution in [3.63, 3.8) is 0 Å². The van der Waals surface area contributed by atoms with Gasteiger partial charge in [0.1, 0.15) is 11.9 Å². The molecule has 29 heavy (non-hydrogen) atoms. The van der Waals surface area contributed by atoms with Crippen molar-refractivity contribution in [2.24, 2.45) is 0 Å². The summed E-state index contributed by atoms with van der Waals surface area (Å²) in [5.74, 6) is 0.541. The molecule has 0 bridgehead atoms. The molecule has 0 aliphatic carbocycles. The first-order valence-corrected chi connectivity index (χ1v) is 11.5. The van der Waals surface area contributed by atoms with Crippen LogP contribution in [0.25, 0.3) is 0 Å². The van der Waals surface area contributed by atoms with Gasteiger partial charge in [0.05, 0.1) is 18.7 Å². The van der Waals surface area contributed by atoms with Gasteiger partial charge in [-0.2, -0.15) is 5.26 Å². The van der Waals surface area contributed by atoms with Crippen LogP contribution in [-0.2, 0) is 17.8 Å². The molecule has 150 valence electrons. The maximum Gasteiger partial charge on any atom is 0.239 e. The van der Waals surface area contributed by atoms with E-state index in [4.69, 9.17) is 0 Å². The van der Waals surface area contributed by atoms with E-state index in [0.717, 1.165) is 24.2 Å². The van der Waals surface area contributed by atoms with E-state index in [0.29, 0.717) is 24.5 Å². The Labute approximate surface area is 179 Å². The van der Waals surface area contributed by atoms with Crippen LogP contribution in [0.2, 0.25) is 0 Å². The van der Waals surface area contributed by atoms with E-state index in [2.05, 4.69) is 40.7 Å². The van der Waals surface area contributed by atoms with Crippen LogP contribution in [0, 0.1) is 25.2 Å². The highest BCUT2D eigenvalue weighted by Crippen LogP contribution is 2.33. The Kier molecular flexibility index (Phi) is 5.59. The molecule has 1 aliphatic rings. The van der Waals surface area contributed by atoms with Crippen molar-refractivity contribution in [3.05, 3.63) is 61.1 Å². The van der Waals surface area contributed by atoms with Gasteiger partial charge < -0.3 is 9.88 Å². The second kappa shape index (κ2) is 8.15. The highest BCUT2D eigenvalue weighted by Gasteiger charge is 2.27. The summed E-state index contributed by atoms with van der Waals surface area (Å²) >= 11 is 3.48. The van der Waals surface area contributed by atoms with Gasteiger partial charge in [-0.05, 0) is 61.2 Å². The van der Waals surface area contributed by atoms with Crippen molar-refractivity contribution in [1.82, 2.24) is 9.47 Å².